The van der Waals surface area contributed by atoms with E-state index in [9.17, 15) is 18.0 Å². The van der Waals surface area contributed by atoms with Gasteiger partial charge in [0.1, 0.15) is 17.1 Å². The lowest BCUT2D eigenvalue weighted by molar-refractivity contribution is -0.147. The Morgan fingerprint density at radius 3 is 2.83 bits per heavy atom. The summed E-state index contributed by atoms with van der Waals surface area (Å²) in [6.07, 6.45) is -2.16. The van der Waals surface area contributed by atoms with Crippen LogP contribution in [0, 0.1) is 11.3 Å². The number of fused-ring (bicyclic) bond motifs is 2. The predicted molar refractivity (Wildman–Crippen MR) is 126 cm³/mol. The Morgan fingerprint density at radius 2 is 2.08 bits per heavy atom. The van der Waals surface area contributed by atoms with Gasteiger partial charge in [-0.3, -0.25) is 4.79 Å². The summed E-state index contributed by atoms with van der Waals surface area (Å²) < 4.78 is 41.0. The van der Waals surface area contributed by atoms with Gasteiger partial charge in [0, 0.05) is 37.1 Å². The molecule has 0 aromatic carbocycles. The van der Waals surface area contributed by atoms with Crippen LogP contribution in [0.1, 0.15) is 42.7 Å². The molecule has 10 nitrogen and oxygen atoms in total. The fourth-order valence-corrected chi connectivity index (χ4v) is 5.77. The number of nitriles is 1. The van der Waals surface area contributed by atoms with Gasteiger partial charge in [-0.05, 0) is 18.9 Å². The molecule has 3 aromatic rings. The molecular formula is C22H24F3N9OS. The Labute approximate surface area is 208 Å². The Morgan fingerprint density at radius 1 is 1.25 bits per heavy atom. The zero-order valence-electron chi connectivity index (χ0n) is 19.5. The highest BCUT2D eigenvalue weighted by atomic mass is 32.1. The Balaban J connectivity index is 1.45. The summed E-state index contributed by atoms with van der Waals surface area (Å²) in [6.45, 7) is 3.83. The van der Waals surface area contributed by atoms with Gasteiger partial charge in [-0.1, -0.05) is 13.3 Å². The second-order valence-corrected chi connectivity index (χ2v) is 9.99. The molecule has 1 amide bonds. The van der Waals surface area contributed by atoms with Gasteiger partial charge < -0.3 is 19.7 Å². The molecule has 36 heavy (non-hydrogen) atoms. The highest BCUT2D eigenvalue weighted by Gasteiger charge is 2.40. The number of halogens is 3. The molecule has 0 radical (unpaired) electrons. The monoisotopic (exact) mass is 519 g/mol. The van der Waals surface area contributed by atoms with E-state index in [-0.39, 0.29) is 37.3 Å². The number of hydrogen-bond acceptors (Lipinski definition) is 9. The molecule has 0 bridgehead atoms. The smallest absolute Gasteiger partial charge is 0.351 e. The first kappa shape index (κ1) is 24.2. The van der Waals surface area contributed by atoms with Crippen LogP contribution < -0.4 is 15.1 Å². The number of nitrogens with one attached hydrogen (secondary N) is 1. The molecule has 3 aromatic heterocycles. The summed E-state index contributed by atoms with van der Waals surface area (Å²) in [7, 11) is 0. The second kappa shape index (κ2) is 9.53. The number of carbonyl (C=O) groups is 1. The topological polar surface area (TPSA) is 116 Å². The first-order valence-corrected chi connectivity index (χ1v) is 12.5. The predicted octanol–water partition coefficient (Wildman–Crippen LogP) is 2.88. The number of aromatic nitrogens is 5. The normalized spacial score (nSPS) is 17.9. The third kappa shape index (κ3) is 4.67. The van der Waals surface area contributed by atoms with Crippen LogP contribution in [0.3, 0.4) is 0 Å². The van der Waals surface area contributed by atoms with Crippen molar-refractivity contribution in [3.8, 4) is 6.07 Å². The van der Waals surface area contributed by atoms with Crippen LogP contribution in [-0.2, 0) is 30.5 Å². The minimum Gasteiger partial charge on any atom is -0.351 e. The molecule has 0 aliphatic carbocycles. The Bertz CT molecular complexity index is 1330. The number of rotatable bonds is 6. The average molecular weight is 520 g/mol. The highest BCUT2D eigenvalue weighted by Crippen LogP contribution is 2.36. The Hall–Kier alpha value is -3.47. The quantitative estimate of drug-likeness (QED) is 0.529. The zero-order valence-corrected chi connectivity index (χ0v) is 20.4. The molecular weight excluding hydrogens is 495 g/mol. The number of hydrogen-bond donors (Lipinski definition) is 1. The van der Waals surface area contributed by atoms with Crippen molar-refractivity contribution in [3.05, 3.63) is 22.6 Å². The molecule has 190 valence electrons. The lowest BCUT2D eigenvalue weighted by Gasteiger charge is -2.30. The van der Waals surface area contributed by atoms with E-state index in [1.54, 1.807) is 11.3 Å². The summed E-state index contributed by atoms with van der Waals surface area (Å²) >= 11 is 1.59. The lowest BCUT2D eigenvalue weighted by atomic mass is 10.2. The van der Waals surface area contributed by atoms with Gasteiger partial charge in [0.2, 0.25) is 17.7 Å². The van der Waals surface area contributed by atoms with Gasteiger partial charge in [0.15, 0.2) is 5.82 Å². The number of amides is 1. The van der Waals surface area contributed by atoms with Crippen LogP contribution in [0.5, 0.6) is 0 Å². The van der Waals surface area contributed by atoms with Gasteiger partial charge >= 0.3 is 6.18 Å². The number of aryl methyl sites for hydroxylation is 1. The number of thiophene rings is 1. The molecule has 5 rings (SSSR count). The Kier molecular flexibility index (Phi) is 6.42. The van der Waals surface area contributed by atoms with E-state index in [0.29, 0.717) is 37.8 Å². The van der Waals surface area contributed by atoms with Crippen molar-refractivity contribution >= 4 is 39.2 Å². The summed E-state index contributed by atoms with van der Waals surface area (Å²) in [5.41, 5.74) is 0. The molecule has 1 saturated heterocycles. The van der Waals surface area contributed by atoms with Gasteiger partial charge in [-0.2, -0.15) is 23.4 Å². The SMILES string of the molecule is CCCc1cc2c(N3CCn4c(nnc4C(F)(F)F)C3)nc(N3CCC(NC(=O)CC#N)C3)nc2s1. The third-order valence-electron chi connectivity index (χ3n) is 6.29. The fourth-order valence-electron chi connectivity index (χ4n) is 4.66. The molecule has 1 N–H and O–H groups in total. The standard InChI is InChI=1S/C22H24F3N9OS/c1-2-3-14-10-15-18(32-8-9-34-16(12-32)30-31-20(34)22(23,24)25)28-21(29-19(15)36-14)33-7-5-13(11-33)27-17(35)4-6-26/h10,13H,2-5,7-9,11-12H2,1H3,(H,27,35). The highest BCUT2D eigenvalue weighted by molar-refractivity contribution is 7.18. The van der Waals surface area contributed by atoms with E-state index < -0.39 is 12.0 Å². The molecule has 5 heterocycles. The van der Waals surface area contributed by atoms with E-state index in [1.165, 1.54) is 4.88 Å². The van der Waals surface area contributed by atoms with Gasteiger partial charge in [-0.15, -0.1) is 21.5 Å². The van der Waals surface area contributed by atoms with Crippen molar-refractivity contribution in [2.45, 2.75) is 57.9 Å². The second-order valence-electron chi connectivity index (χ2n) is 8.87. The molecule has 1 unspecified atom stereocenters. The first-order chi connectivity index (χ1) is 17.3. The van der Waals surface area contributed by atoms with E-state index >= 15 is 0 Å². The van der Waals surface area contributed by atoms with Crippen LogP contribution in [-0.4, -0.2) is 56.3 Å². The maximum Gasteiger partial charge on any atom is 0.451 e. The largest absolute Gasteiger partial charge is 0.451 e. The molecule has 0 saturated carbocycles. The minimum atomic E-state index is -4.56. The molecule has 14 heteroatoms. The number of nitrogens with zero attached hydrogens (tertiary/aromatic N) is 8. The summed E-state index contributed by atoms with van der Waals surface area (Å²) in [5, 5.41) is 19.6. The van der Waals surface area contributed by atoms with Gasteiger partial charge in [0.25, 0.3) is 0 Å². The maximum absolute atomic E-state index is 13.3. The molecule has 2 aliphatic heterocycles. The van der Waals surface area contributed by atoms with E-state index in [1.807, 2.05) is 15.9 Å². The number of anilines is 2. The molecule has 1 fully saturated rings. The minimum absolute atomic E-state index is 0.0979. The van der Waals surface area contributed by atoms with E-state index in [0.717, 1.165) is 27.6 Å². The number of carbonyl (C=O) groups excluding carboxylic acids is 1. The summed E-state index contributed by atoms with van der Waals surface area (Å²) in [5.74, 6) is 0.135. The van der Waals surface area contributed by atoms with Crippen LogP contribution in [0.25, 0.3) is 10.2 Å². The van der Waals surface area contributed by atoms with E-state index in [4.69, 9.17) is 15.2 Å². The van der Waals surface area contributed by atoms with Crippen LogP contribution in [0.4, 0.5) is 24.9 Å². The van der Waals surface area contributed by atoms with Crippen molar-refractivity contribution in [2.75, 3.05) is 29.4 Å². The molecule has 2 aliphatic rings. The van der Waals surface area contributed by atoms with Crippen LogP contribution in [0.15, 0.2) is 6.07 Å². The lowest BCUT2D eigenvalue weighted by Crippen LogP contribution is -2.37. The zero-order chi connectivity index (χ0) is 25.4. The third-order valence-corrected chi connectivity index (χ3v) is 7.38. The summed E-state index contributed by atoms with van der Waals surface area (Å²) in [6, 6.07) is 3.81. The molecule has 1 atom stereocenters. The first-order valence-electron chi connectivity index (χ1n) is 11.7. The van der Waals surface area contributed by atoms with Gasteiger partial charge in [-0.25, -0.2) is 4.98 Å². The maximum atomic E-state index is 13.3. The van der Waals surface area contributed by atoms with Gasteiger partial charge in [0.05, 0.1) is 18.0 Å². The van der Waals surface area contributed by atoms with Crippen molar-refractivity contribution in [1.82, 2.24) is 30.0 Å². The van der Waals surface area contributed by atoms with Crippen molar-refractivity contribution in [3.63, 3.8) is 0 Å². The van der Waals surface area contributed by atoms with Crippen molar-refractivity contribution in [2.24, 2.45) is 0 Å². The number of alkyl halides is 3. The summed E-state index contributed by atoms with van der Waals surface area (Å²) in [4.78, 5) is 27.4. The van der Waals surface area contributed by atoms with Crippen molar-refractivity contribution < 1.29 is 18.0 Å². The fraction of sp³-hybridized carbons (Fsp3) is 0.545. The van der Waals surface area contributed by atoms with Crippen molar-refractivity contribution in [1.29, 1.82) is 5.26 Å². The van der Waals surface area contributed by atoms with E-state index in [2.05, 4.69) is 28.5 Å². The average Bonchev–Trinajstić information content (AvgIpc) is 3.55. The van der Waals surface area contributed by atoms with Crippen LogP contribution in [0.2, 0.25) is 0 Å². The molecule has 0 spiro atoms. The van der Waals surface area contributed by atoms with Crippen LogP contribution >= 0.6 is 11.3 Å².